The molecule has 0 saturated carbocycles. The molecule has 0 aromatic carbocycles. The normalized spacial score (nSPS) is 14.4. The van der Waals surface area contributed by atoms with E-state index in [0.717, 1.165) is 5.92 Å². The van der Waals surface area contributed by atoms with E-state index in [1.807, 2.05) is 0 Å². The largest absolute Gasteiger partial charge is 0.0654 e. The van der Waals surface area contributed by atoms with Crippen LogP contribution in [0.15, 0.2) is 0 Å². The Morgan fingerprint density at radius 3 is 2.29 bits per heavy atom. The molecule has 1 radical (unpaired) electrons. The summed E-state index contributed by atoms with van der Waals surface area (Å²) in [6.07, 6.45) is 10.6. The number of hydrogen-bond acceptors (Lipinski definition) is 0. The molecule has 0 aliphatic carbocycles. The van der Waals surface area contributed by atoms with Gasteiger partial charge in [-0.1, -0.05) is 60.3 Å². The zero-order valence-electron chi connectivity index (χ0n) is 10.9. The maximum atomic E-state index is 2.54. The molecule has 0 N–H and O–H groups in total. The molecule has 0 nitrogen and oxygen atoms in total. The van der Waals surface area contributed by atoms with E-state index < -0.39 is 0 Å². The first-order valence-electron chi connectivity index (χ1n) is 6.36. The molecule has 0 bridgehead atoms. The summed E-state index contributed by atoms with van der Waals surface area (Å²) < 4.78 is 0. The van der Waals surface area contributed by atoms with Crippen molar-refractivity contribution in [1.29, 1.82) is 0 Å². The highest BCUT2D eigenvalue weighted by atomic mass is 14.2. The van der Waals surface area contributed by atoms with Crippen LogP contribution < -0.4 is 0 Å². The summed E-state index contributed by atoms with van der Waals surface area (Å²) in [6.45, 7) is 11.7. The Balaban J connectivity index is 3.58. The third kappa shape index (κ3) is 7.41. The number of rotatable bonds is 8. The Bertz CT molecular complexity index is 124. The molecule has 85 valence electrons. The van der Waals surface area contributed by atoms with Crippen molar-refractivity contribution in [1.82, 2.24) is 0 Å². The number of hydrogen-bond donors (Lipinski definition) is 0. The first-order valence-corrected chi connectivity index (χ1v) is 6.36. The molecule has 0 aliphatic heterocycles. The molecule has 0 amide bonds. The van der Waals surface area contributed by atoms with Crippen LogP contribution in [0, 0.1) is 17.8 Å². The predicted octanol–water partition coefficient (Wildman–Crippen LogP) is 5.23. The minimum absolute atomic E-state index is 0.454. The molecule has 0 aromatic heterocycles. The minimum atomic E-state index is 0.454. The summed E-state index contributed by atoms with van der Waals surface area (Å²) in [6, 6.07) is 0. The van der Waals surface area contributed by atoms with E-state index in [4.69, 9.17) is 0 Å². The van der Waals surface area contributed by atoms with E-state index in [1.54, 1.807) is 0 Å². The summed E-state index contributed by atoms with van der Waals surface area (Å²) in [5.41, 5.74) is 0.454. The van der Waals surface area contributed by atoms with Crippen molar-refractivity contribution in [2.45, 2.75) is 73.1 Å². The van der Waals surface area contributed by atoms with E-state index >= 15 is 0 Å². The fourth-order valence-corrected chi connectivity index (χ4v) is 1.94. The summed E-state index contributed by atoms with van der Waals surface area (Å²) in [4.78, 5) is 0. The molecule has 0 spiro atoms. The van der Waals surface area contributed by atoms with Gasteiger partial charge in [0.1, 0.15) is 0 Å². The Morgan fingerprint density at radius 2 is 1.79 bits per heavy atom. The average Bonchev–Trinajstić information content (AvgIpc) is 2.11. The van der Waals surface area contributed by atoms with Gasteiger partial charge in [0.05, 0.1) is 0 Å². The molecular formula is C14H29. The van der Waals surface area contributed by atoms with E-state index in [0.29, 0.717) is 5.41 Å². The maximum Gasteiger partial charge on any atom is -0.0323 e. The molecule has 1 atom stereocenters. The van der Waals surface area contributed by atoms with Crippen LogP contribution in [0.3, 0.4) is 0 Å². The van der Waals surface area contributed by atoms with Crippen molar-refractivity contribution in [2.24, 2.45) is 11.3 Å². The summed E-state index contributed by atoms with van der Waals surface area (Å²) in [5.74, 6) is 0.881. The van der Waals surface area contributed by atoms with Gasteiger partial charge in [0.25, 0.3) is 0 Å². The highest BCUT2D eigenvalue weighted by Gasteiger charge is 2.17. The molecule has 14 heavy (non-hydrogen) atoms. The maximum absolute atomic E-state index is 2.54. The lowest BCUT2D eigenvalue weighted by atomic mass is 9.81. The Kier molecular flexibility index (Phi) is 7.31. The molecule has 0 aromatic rings. The zero-order valence-corrected chi connectivity index (χ0v) is 10.9. The van der Waals surface area contributed by atoms with E-state index in [9.17, 15) is 0 Å². The van der Waals surface area contributed by atoms with Crippen LogP contribution in [-0.4, -0.2) is 0 Å². The fourth-order valence-electron chi connectivity index (χ4n) is 1.94. The molecule has 0 aliphatic rings. The predicted molar refractivity (Wildman–Crippen MR) is 66.3 cm³/mol. The summed E-state index contributed by atoms with van der Waals surface area (Å²) in [5, 5.41) is 0. The molecule has 1 unspecified atom stereocenters. The molecule has 0 heteroatoms. The quantitative estimate of drug-likeness (QED) is 0.499. The van der Waals surface area contributed by atoms with Crippen molar-refractivity contribution in [3.8, 4) is 0 Å². The standard InChI is InChI=1S/C14H29/c1-6-8-9-13(3)10-12-14(4,5)11-7-2/h12-13H,6-11H2,1-5H3. The average molecular weight is 197 g/mol. The Labute approximate surface area is 91.5 Å². The third-order valence-corrected chi connectivity index (χ3v) is 3.02. The molecule has 0 fully saturated rings. The minimum Gasteiger partial charge on any atom is -0.0654 e. The van der Waals surface area contributed by atoms with Crippen molar-refractivity contribution in [2.75, 3.05) is 0 Å². The zero-order chi connectivity index (χ0) is 11.0. The van der Waals surface area contributed by atoms with Gasteiger partial charge in [0.2, 0.25) is 0 Å². The van der Waals surface area contributed by atoms with Crippen LogP contribution in [0.1, 0.15) is 73.1 Å². The van der Waals surface area contributed by atoms with Gasteiger partial charge in [0.15, 0.2) is 0 Å². The molecule has 0 heterocycles. The third-order valence-electron chi connectivity index (χ3n) is 3.02. The van der Waals surface area contributed by atoms with E-state index in [-0.39, 0.29) is 0 Å². The van der Waals surface area contributed by atoms with Crippen molar-refractivity contribution < 1.29 is 0 Å². The van der Waals surface area contributed by atoms with Crippen LogP contribution in [0.4, 0.5) is 0 Å². The van der Waals surface area contributed by atoms with Gasteiger partial charge in [-0.2, -0.15) is 0 Å². The van der Waals surface area contributed by atoms with Gasteiger partial charge in [-0.15, -0.1) is 0 Å². The SMILES string of the molecule is CCCCC(C)C[CH]C(C)(C)CCC. The summed E-state index contributed by atoms with van der Waals surface area (Å²) in [7, 11) is 0. The fraction of sp³-hybridized carbons (Fsp3) is 0.929. The van der Waals surface area contributed by atoms with Gasteiger partial charge in [0, 0.05) is 0 Å². The van der Waals surface area contributed by atoms with Crippen LogP contribution in [-0.2, 0) is 0 Å². The van der Waals surface area contributed by atoms with Gasteiger partial charge in [-0.25, -0.2) is 0 Å². The van der Waals surface area contributed by atoms with E-state index in [2.05, 4.69) is 41.0 Å². The first kappa shape index (κ1) is 14.0. The second kappa shape index (κ2) is 7.31. The second-order valence-corrected chi connectivity index (χ2v) is 5.43. The molecule has 0 rings (SSSR count). The first-order chi connectivity index (χ1) is 6.52. The van der Waals surface area contributed by atoms with Crippen LogP contribution in [0.2, 0.25) is 0 Å². The lowest BCUT2D eigenvalue weighted by Gasteiger charge is -2.25. The monoisotopic (exact) mass is 197 g/mol. The van der Waals surface area contributed by atoms with Crippen molar-refractivity contribution >= 4 is 0 Å². The highest BCUT2D eigenvalue weighted by Crippen LogP contribution is 2.29. The van der Waals surface area contributed by atoms with Crippen LogP contribution >= 0.6 is 0 Å². The lowest BCUT2D eigenvalue weighted by molar-refractivity contribution is 0.355. The van der Waals surface area contributed by atoms with E-state index in [1.165, 1.54) is 38.5 Å². The second-order valence-electron chi connectivity index (χ2n) is 5.43. The van der Waals surface area contributed by atoms with Crippen LogP contribution in [0.25, 0.3) is 0 Å². The smallest absolute Gasteiger partial charge is 0.0323 e. The Morgan fingerprint density at radius 1 is 1.14 bits per heavy atom. The molecule has 0 saturated heterocycles. The summed E-state index contributed by atoms with van der Waals surface area (Å²) >= 11 is 0. The van der Waals surface area contributed by atoms with Crippen LogP contribution in [0.5, 0.6) is 0 Å². The van der Waals surface area contributed by atoms with Gasteiger partial charge in [-0.3, -0.25) is 0 Å². The van der Waals surface area contributed by atoms with Gasteiger partial charge < -0.3 is 0 Å². The molecular weight excluding hydrogens is 168 g/mol. The number of unbranched alkanes of at least 4 members (excludes halogenated alkanes) is 1. The van der Waals surface area contributed by atoms with Crippen molar-refractivity contribution in [3.05, 3.63) is 6.42 Å². The Hall–Kier alpha value is 0. The van der Waals surface area contributed by atoms with Gasteiger partial charge in [-0.05, 0) is 30.6 Å². The highest BCUT2D eigenvalue weighted by molar-refractivity contribution is 4.85. The van der Waals surface area contributed by atoms with Crippen molar-refractivity contribution in [3.63, 3.8) is 0 Å². The topological polar surface area (TPSA) is 0 Å². The van der Waals surface area contributed by atoms with Gasteiger partial charge >= 0.3 is 0 Å². The lowest BCUT2D eigenvalue weighted by Crippen LogP contribution is -2.13.